The van der Waals surface area contributed by atoms with Gasteiger partial charge in [-0.15, -0.1) is 0 Å². The number of piperidine rings is 1. The van der Waals surface area contributed by atoms with Gasteiger partial charge < -0.3 is 19.5 Å². The summed E-state index contributed by atoms with van der Waals surface area (Å²) >= 11 is 1.05. The maximum Gasteiger partial charge on any atom is 0.419 e. The van der Waals surface area contributed by atoms with E-state index in [9.17, 15) is 22.8 Å². The Morgan fingerprint density at radius 1 is 1.09 bits per heavy atom. The minimum absolute atomic E-state index is 0.0309. The van der Waals surface area contributed by atoms with Crippen LogP contribution < -0.4 is 5.32 Å². The van der Waals surface area contributed by atoms with Crippen LogP contribution in [0.1, 0.15) is 46.1 Å². The smallest absolute Gasteiger partial charge is 0.419 e. The topological polar surface area (TPSA) is 89.3 Å². The van der Waals surface area contributed by atoms with E-state index in [4.69, 9.17) is 4.74 Å². The Morgan fingerprint density at radius 3 is 2.51 bits per heavy atom. The predicted molar refractivity (Wildman–Crippen MR) is 160 cm³/mol. The van der Waals surface area contributed by atoms with Crippen molar-refractivity contribution in [1.82, 2.24) is 19.4 Å². The second-order valence-electron chi connectivity index (χ2n) is 11.4. The van der Waals surface area contributed by atoms with Crippen LogP contribution in [-0.2, 0) is 15.7 Å². The molecule has 1 fully saturated rings. The molecule has 8 nitrogen and oxygen atoms in total. The molecule has 1 aliphatic heterocycles. The lowest BCUT2D eigenvalue weighted by molar-refractivity contribution is -0.137. The first-order valence-electron chi connectivity index (χ1n) is 13.9. The van der Waals surface area contributed by atoms with Gasteiger partial charge in [-0.05, 0) is 57.9 Å². The van der Waals surface area contributed by atoms with Crippen LogP contribution in [0, 0.1) is 0 Å². The molecule has 2 aromatic carbocycles. The molecule has 1 N–H and O–H groups in total. The molecule has 1 saturated heterocycles. The number of fused-ring (bicyclic) bond motifs is 1. The van der Waals surface area contributed by atoms with Gasteiger partial charge in [0.2, 0.25) is 5.95 Å². The number of hydrogen-bond donors (Lipinski definition) is 1. The van der Waals surface area contributed by atoms with E-state index < -0.39 is 23.4 Å². The molecule has 2 aromatic heterocycles. The number of aromatic nitrogens is 3. The van der Waals surface area contributed by atoms with E-state index in [1.165, 1.54) is 6.92 Å². The van der Waals surface area contributed by atoms with Gasteiger partial charge in [0.05, 0.1) is 11.2 Å². The third kappa shape index (κ3) is 7.12. The average molecular weight is 612 g/mol. The maximum atomic E-state index is 14.3. The van der Waals surface area contributed by atoms with Gasteiger partial charge in [0, 0.05) is 60.0 Å². The Morgan fingerprint density at radius 2 is 1.84 bits per heavy atom. The Balaban J connectivity index is 1.55. The van der Waals surface area contributed by atoms with Crippen molar-refractivity contribution >= 4 is 39.8 Å². The number of thioether (sulfide) groups is 1. The van der Waals surface area contributed by atoms with Gasteiger partial charge in [-0.3, -0.25) is 4.79 Å². The molecule has 0 saturated carbocycles. The van der Waals surface area contributed by atoms with Crippen molar-refractivity contribution in [2.45, 2.75) is 63.3 Å². The minimum atomic E-state index is -4.71. The van der Waals surface area contributed by atoms with E-state index in [-0.39, 0.29) is 28.4 Å². The van der Waals surface area contributed by atoms with Crippen LogP contribution in [-0.4, -0.2) is 55.4 Å². The number of nitrogens with zero attached hydrogens (tertiary/aromatic N) is 4. The lowest BCUT2D eigenvalue weighted by Crippen LogP contribution is -2.47. The van der Waals surface area contributed by atoms with Crippen LogP contribution in [0.25, 0.3) is 27.8 Å². The fourth-order valence-corrected chi connectivity index (χ4v) is 5.70. The van der Waals surface area contributed by atoms with Crippen LogP contribution in [0.5, 0.6) is 0 Å². The van der Waals surface area contributed by atoms with Gasteiger partial charge in [-0.25, -0.2) is 14.8 Å². The zero-order chi connectivity index (χ0) is 30.9. The van der Waals surface area contributed by atoms with Crippen molar-refractivity contribution in [2.24, 2.45) is 0 Å². The van der Waals surface area contributed by atoms with Crippen LogP contribution >= 0.6 is 11.8 Å². The van der Waals surface area contributed by atoms with E-state index in [1.807, 2.05) is 30.3 Å². The van der Waals surface area contributed by atoms with E-state index in [2.05, 4.69) is 15.3 Å². The highest BCUT2D eigenvalue weighted by Crippen LogP contribution is 2.41. The molecule has 5 rings (SSSR count). The summed E-state index contributed by atoms with van der Waals surface area (Å²) in [6, 6.07) is 14.2. The third-order valence-corrected chi connectivity index (χ3v) is 7.61. The van der Waals surface area contributed by atoms with Crippen molar-refractivity contribution in [3.05, 3.63) is 66.5 Å². The largest absolute Gasteiger partial charge is 0.444 e. The Bertz CT molecular complexity index is 1650. The summed E-state index contributed by atoms with van der Waals surface area (Å²) in [7, 11) is 0. The third-order valence-electron chi connectivity index (χ3n) is 6.83. The van der Waals surface area contributed by atoms with Crippen LogP contribution in [0.2, 0.25) is 0 Å². The standard InChI is InChI=1S/C31H32F3N5O3S/c1-19(40)43-22-12-13-23-24(18-39(26(23)15-22)21-10-6-5-7-11-21)27-25(31(32,33)34)16-35-28(37-27)36-20-9-8-14-38(17-20)29(41)42-30(2,3)4/h5-7,10-13,15-16,18,20H,8-9,14,17H2,1-4H3,(H,35,36,37)/t20-/m0/s1. The van der Waals surface area contributed by atoms with Gasteiger partial charge in [0.15, 0.2) is 5.12 Å². The SMILES string of the molecule is CC(=O)Sc1ccc2c(-c3nc(N[C@H]4CCCN(C(=O)OC(C)(C)C)C4)ncc3C(F)(F)F)cn(-c3ccccc3)c2c1. The second kappa shape index (κ2) is 11.9. The molecule has 0 bridgehead atoms. The number of anilines is 1. The number of hydrogen-bond acceptors (Lipinski definition) is 7. The number of likely N-dealkylation sites (tertiary alicyclic amines) is 1. The van der Waals surface area contributed by atoms with Crippen molar-refractivity contribution in [2.75, 3.05) is 18.4 Å². The molecule has 4 aromatic rings. The summed E-state index contributed by atoms with van der Waals surface area (Å²) in [4.78, 5) is 35.1. The molecular weight excluding hydrogens is 579 g/mol. The van der Waals surface area contributed by atoms with Crippen LogP contribution in [0.4, 0.5) is 23.9 Å². The molecule has 0 aliphatic carbocycles. The van der Waals surface area contributed by atoms with Crippen molar-refractivity contribution in [1.29, 1.82) is 0 Å². The van der Waals surface area contributed by atoms with E-state index >= 15 is 0 Å². The summed E-state index contributed by atoms with van der Waals surface area (Å²) < 4.78 is 50.3. The number of nitrogens with one attached hydrogen (secondary N) is 1. The van der Waals surface area contributed by atoms with Crippen molar-refractivity contribution < 1.29 is 27.5 Å². The summed E-state index contributed by atoms with van der Waals surface area (Å²) in [5, 5.41) is 3.59. The van der Waals surface area contributed by atoms with Crippen molar-refractivity contribution in [3.8, 4) is 16.9 Å². The first-order valence-corrected chi connectivity index (χ1v) is 14.7. The molecule has 1 atom stereocenters. The number of rotatable bonds is 5. The Kier molecular flexibility index (Phi) is 8.42. The highest BCUT2D eigenvalue weighted by molar-refractivity contribution is 8.13. The fraction of sp³-hybridized carbons (Fsp3) is 0.355. The zero-order valence-corrected chi connectivity index (χ0v) is 25.1. The molecule has 1 amide bonds. The number of benzene rings is 2. The van der Waals surface area contributed by atoms with Crippen molar-refractivity contribution in [3.63, 3.8) is 0 Å². The van der Waals surface area contributed by atoms with Crippen LogP contribution in [0.3, 0.4) is 0 Å². The molecule has 0 unspecified atom stereocenters. The number of carbonyl (C=O) groups excluding carboxylic acids is 2. The van der Waals surface area contributed by atoms with Gasteiger partial charge >= 0.3 is 12.3 Å². The summed E-state index contributed by atoms with van der Waals surface area (Å²) in [5.41, 5.74) is -0.228. The molecule has 43 heavy (non-hydrogen) atoms. The Labute approximate surface area is 251 Å². The van der Waals surface area contributed by atoms with E-state index in [0.717, 1.165) is 23.6 Å². The maximum absolute atomic E-state index is 14.3. The highest BCUT2D eigenvalue weighted by atomic mass is 32.2. The predicted octanol–water partition coefficient (Wildman–Crippen LogP) is 7.56. The molecule has 3 heterocycles. The number of para-hydroxylation sites is 1. The molecule has 226 valence electrons. The van der Waals surface area contributed by atoms with Gasteiger partial charge in [0.25, 0.3) is 0 Å². The van der Waals surface area contributed by atoms with E-state index in [1.54, 1.807) is 54.6 Å². The summed E-state index contributed by atoms with van der Waals surface area (Å²) in [6.45, 7) is 7.66. The Hall–Kier alpha value is -4.06. The summed E-state index contributed by atoms with van der Waals surface area (Å²) in [6.07, 6.45) is -1.35. The van der Waals surface area contributed by atoms with Gasteiger partial charge in [-0.2, -0.15) is 13.2 Å². The average Bonchev–Trinajstić information content (AvgIpc) is 3.30. The normalized spacial score (nSPS) is 15.9. The van der Waals surface area contributed by atoms with Gasteiger partial charge in [0.1, 0.15) is 11.2 Å². The molecule has 12 heteroatoms. The van der Waals surface area contributed by atoms with E-state index in [0.29, 0.717) is 41.7 Å². The van der Waals surface area contributed by atoms with Crippen LogP contribution in [0.15, 0.2) is 65.8 Å². The number of alkyl halides is 3. The lowest BCUT2D eigenvalue weighted by atomic mass is 10.1. The lowest BCUT2D eigenvalue weighted by Gasteiger charge is -2.34. The monoisotopic (exact) mass is 611 g/mol. The zero-order valence-electron chi connectivity index (χ0n) is 24.2. The second-order valence-corrected chi connectivity index (χ2v) is 12.6. The number of amides is 1. The highest BCUT2D eigenvalue weighted by Gasteiger charge is 2.37. The minimum Gasteiger partial charge on any atom is -0.444 e. The molecular formula is C31H32F3N5O3S. The first kappa shape index (κ1) is 30.4. The molecule has 0 radical (unpaired) electrons. The molecule has 1 aliphatic rings. The molecule has 0 spiro atoms. The number of halogens is 3. The summed E-state index contributed by atoms with van der Waals surface area (Å²) in [5.74, 6) is 0.0309. The first-order chi connectivity index (χ1) is 20.3. The quantitative estimate of drug-likeness (QED) is 0.233. The van der Waals surface area contributed by atoms with Gasteiger partial charge in [-0.1, -0.05) is 36.0 Å². The fourth-order valence-electron chi connectivity index (χ4n) is 5.06. The number of carbonyl (C=O) groups is 2. The number of ether oxygens (including phenoxy) is 1.